The van der Waals surface area contributed by atoms with Gasteiger partial charge in [-0.15, -0.1) is 0 Å². The first kappa shape index (κ1) is 22.2. The number of thioether (sulfide) groups is 1. The Labute approximate surface area is 181 Å². The van der Waals surface area contributed by atoms with Gasteiger partial charge in [0.2, 0.25) is 0 Å². The second-order valence-electron chi connectivity index (χ2n) is 8.04. The van der Waals surface area contributed by atoms with E-state index < -0.39 is 30.0 Å². The lowest BCUT2D eigenvalue weighted by Crippen LogP contribution is -2.46. The third-order valence-corrected chi connectivity index (χ3v) is 6.10. The molecule has 1 fully saturated rings. The molecule has 30 heavy (non-hydrogen) atoms. The predicted octanol–water partition coefficient (Wildman–Crippen LogP) is 4.23. The summed E-state index contributed by atoms with van der Waals surface area (Å²) >= 11 is 1.50. The number of carbonyl (C=O) groups is 3. The van der Waals surface area contributed by atoms with Crippen LogP contribution in [0.3, 0.4) is 0 Å². The fourth-order valence-corrected chi connectivity index (χ4v) is 4.46. The van der Waals surface area contributed by atoms with Crippen molar-refractivity contribution in [3.8, 4) is 0 Å². The molecule has 2 aromatic carbocycles. The van der Waals surface area contributed by atoms with E-state index in [0.29, 0.717) is 12.2 Å². The van der Waals surface area contributed by atoms with E-state index in [2.05, 4.69) is 0 Å². The molecule has 0 radical (unpaired) electrons. The Balaban J connectivity index is 1.97. The minimum absolute atomic E-state index is 0.191. The third-order valence-electron chi connectivity index (χ3n) is 5.46. The van der Waals surface area contributed by atoms with Gasteiger partial charge in [-0.2, -0.15) is 11.8 Å². The lowest BCUT2D eigenvalue weighted by Gasteiger charge is -2.24. The first-order valence-electron chi connectivity index (χ1n) is 10.2. The van der Waals surface area contributed by atoms with E-state index in [1.165, 1.54) is 11.8 Å². The SMILES string of the molecule is CSCCC(C(=O)O)N1C(=O)C(CC(C)C)N(Cc2cccc3ccccc23)C1=O. The molecule has 0 aromatic heterocycles. The van der Waals surface area contributed by atoms with Crippen LogP contribution in [0.1, 0.15) is 32.3 Å². The smallest absolute Gasteiger partial charge is 0.328 e. The summed E-state index contributed by atoms with van der Waals surface area (Å²) in [7, 11) is 0. The molecule has 160 valence electrons. The topological polar surface area (TPSA) is 77.9 Å². The number of hydrogen-bond acceptors (Lipinski definition) is 4. The maximum atomic E-state index is 13.3. The molecular weight excluding hydrogens is 400 g/mol. The number of urea groups is 1. The first-order chi connectivity index (χ1) is 14.3. The molecule has 2 aromatic rings. The highest BCUT2D eigenvalue weighted by Crippen LogP contribution is 2.30. The number of carboxylic acid groups (broad SMARTS) is 1. The summed E-state index contributed by atoms with van der Waals surface area (Å²) in [5.41, 5.74) is 0.945. The quantitative estimate of drug-likeness (QED) is 0.605. The van der Waals surface area contributed by atoms with E-state index in [-0.39, 0.29) is 18.9 Å². The predicted molar refractivity (Wildman–Crippen MR) is 119 cm³/mol. The Kier molecular flexibility index (Phi) is 7.02. The molecule has 1 heterocycles. The number of aliphatic carboxylic acids is 1. The summed E-state index contributed by atoms with van der Waals surface area (Å²) in [6.45, 7) is 4.27. The number of benzene rings is 2. The van der Waals surface area contributed by atoms with E-state index in [1.54, 1.807) is 4.90 Å². The Morgan fingerprint density at radius 2 is 1.83 bits per heavy atom. The molecule has 1 aliphatic rings. The van der Waals surface area contributed by atoms with Crippen LogP contribution in [0.5, 0.6) is 0 Å². The van der Waals surface area contributed by atoms with E-state index in [4.69, 9.17) is 0 Å². The first-order valence-corrected chi connectivity index (χ1v) is 11.6. The molecule has 2 unspecified atom stereocenters. The van der Waals surface area contributed by atoms with Gasteiger partial charge >= 0.3 is 12.0 Å². The number of hydrogen-bond donors (Lipinski definition) is 1. The lowest BCUT2D eigenvalue weighted by atomic mass is 10.0. The zero-order valence-corrected chi connectivity index (χ0v) is 18.4. The molecule has 6 nitrogen and oxygen atoms in total. The number of rotatable bonds is 9. The number of amides is 3. The van der Waals surface area contributed by atoms with Crippen LogP contribution in [0.4, 0.5) is 4.79 Å². The zero-order valence-electron chi connectivity index (χ0n) is 17.6. The summed E-state index contributed by atoms with van der Waals surface area (Å²) in [4.78, 5) is 41.0. The van der Waals surface area contributed by atoms with E-state index in [1.807, 2.05) is 62.6 Å². The molecule has 7 heteroatoms. The van der Waals surface area contributed by atoms with E-state index in [9.17, 15) is 19.5 Å². The van der Waals surface area contributed by atoms with Crippen molar-refractivity contribution in [1.82, 2.24) is 9.80 Å². The lowest BCUT2D eigenvalue weighted by molar-refractivity contribution is -0.147. The Morgan fingerprint density at radius 1 is 1.13 bits per heavy atom. The summed E-state index contributed by atoms with van der Waals surface area (Å²) in [5.74, 6) is -0.786. The third kappa shape index (κ3) is 4.46. The van der Waals surface area contributed by atoms with Crippen molar-refractivity contribution < 1.29 is 19.5 Å². The Hall–Kier alpha value is -2.54. The van der Waals surface area contributed by atoms with Crippen molar-refractivity contribution in [3.05, 3.63) is 48.0 Å². The second-order valence-corrected chi connectivity index (χ2v) is 9.02. The summed E-state index contributed by atoms with van der Waals surface area (Å²) in [5, 5.41) is 11.8. The molecule has 0 aliphatic carbocycles. The Bertz CT molecular complexity index is 940. The van der Waals surface area contributed by atoms with Crippen molar-refractivity contribution in [3.63, 3.8) is 0 Å². The van der Waals surface area contributed by atoms with E-state index >= 15 is 0 Å². The molecule has 3 amide bonds. The minimum atomic E-state index is -1.14. The standard InChI is InChI=1S/C23H28N2O4S/c1-15(2)13-20-21(26)25(19(22(27)28)11-12-30-3)23(29)24(20)14-17-9-6-8-16-7-4-5-10-18(16)17/h4-10,15,19-20H,11-14H2,1-3H3,(H,27,28). The van der Waals surface area contributed by atoms with Gasteiger partial charge in [-0.1, -0.05) is 56.3 Å². The van der Waals surface area contributed by atoms with Crippen LogP contribution in [0.2, 0.25) is 0 Å². The molecule has 1 saturated heterocycles. The van der Waals surface area contributed by atoms with Gasteiger partial charge in [-0.25, -0.2) is 14.5 Å². The molecule has 0 saturated carbocycles. The van der Waals surface area contributed by atoms with Crippen LogP contribution >= 0.6 is 11.8 Å². The zero-order chi connectivity index (χ0) is 21.8. The molecule has 0 spiro atoms. The number of fused-ring (bicyclic) bond motifs is 1. The summed E-state index contributed by atoms with van der Waals surface area (Å²) < 4.78 is 0. The molecule has 0 bridgehead atoms. The maximum Gasteiger partial charge on any atom is 0.328 e. The van der Waals surface area contributed by atoms with Gasteiger partial charge in [0.05, 0.1) is 0 Å². The summed E-state index contributed by atoms with van der Waals surface area (Å²) in [6, 6.07) is 11.5. The van der Waals surface area contributed by atoms with Crippen molar-refractivity contribution in [2.45, 2.75) is 45.3 Å². The van der Waals surface area contributed by atoms with Crippen LogP contribution in [0, 0.1) is 5.92 Å². The Morgan fingerprint density at radius 3 is 2.50 bits per heavy atom. The molecule has 3 rings (SSSR count). The van der Waals surface area contributed by atoms with Crippen LogP contribution in [-0.2, 0) is 16.1 Å². The minimum Gasteiger partial charge on any atom is -0.480 e. The molecule has 2 atom stereocenters. The van der Waals surface area contributed by atoms with Crippen molar-refractivity contribution in [2.75, 3.05) is 12.0 Å². The fraction of sp³-hybridized carbons (Fsp3) is 0.435. The molecule has 1 N–H and O–H groups in total. The average molecular weight is 429 g/mol. The molecular formula is C23H28N2O4S. The van der Waals surface area contributed by atoms with Gasteiger partial charge < -0.3 is 10.0 Å². The monoisotopic (exact) mass is 428 g/mol. The highest BCUT2D eigenvalue weighted by molar-refractivity contribution is 7.98. The van der Waals surface area contributed by atoms with Crippen molar-refractivity contribution in [1.29, 1.82) is 0 Å². The average Bonchev–Trinajstić information content (AvgIpc) is 2.92. The summed E-state index contributed by atoms with van der Waals surface area (Å²) in [6.07, 6.45) is 2.62. The molecule has 1 aliphatic heterocycles. The van der Waals surface area contributed by atoms with Gasteiger partial charge in [-0.3, -0.25) is 4.79 Å². The number of carbonyl (C=O) groups excluding carboxylic acids is 2. The van der Waals surface area contributed by atoms with Crippen LogP contribution in [0.15, 0.2) is 42.5 Å². The van der Waals surface area contributed by atoms with Gasteiger partial charge in [-0.05, 0) is 47.1 Å². The van der Waals surface area contributed by atoms with Crippen molar-refractivity contribution >= 4 is 40.4 Å². The van der Waals surface area contributed by atoms with Gasteiger partial charge in [0, 0.05) is 6.54 Å². The largest absolute Gasteiger partial charge is 0.480 e. The number of imide groups is 1. The number of carboxylic acids is 1. The van der Waals surface area contributed by atoms with Crippen LogP contribution in [-0.4, -0.2) is 56.9 Å². The highest BCUT2D eigenvalue weighted by Gasteiger charge is 2.49. The normalized spacial score (nSPS) is 17.9. The number of nitrogens with zero attached hydrogens (tertiary/aromatic N) is 2. The second kappa shape index (κ2) is 9.51. The highest BCUT2D eigenvalue weighted by atomic mass is 32.2. The maximum absolute atomic E-state index is 13.3. The fourth-order valence-electron chi connectivity index (χ4n) is 4.01. The van der Waals surface area contributed by atoms with Gasteiger partial charge in [0.25, 0.3) is 5.91 Å². The van der Waals surface area contributed by atoms with Gasteiger partial charge in [0.15, 0.2) is 0 Å². The van der Waals surface area contributed by atoms with E-state index in [0.717, 1.165) is 21.2 Å². The van der Waals surface area contributed by atoms with Gasteiger partial charge in [0.1, 0.15) is 12.1 Å². The van der Waals surface area contributed by atoms with Crippen molar-refractivity contribution in [2.24, 2.45) is 5.92 Å². The van der Waals surface area contributed by atoms with Crippen LogP contribution in [0.25, 0.3) is 10.8 Å². The van der Waals surface area contributed by atoms with Crippen LogP contribution < -0.4 is 0 Å².